The van der Waals surface area contributed by atoms with E-state index in [0.717, 1.165) is 56.4 Å². The monoisotopic (exact) mass is 330 g/mol. The predicted molar refractivity (Wildman–Crippen MR) is 92.4 cm³/mol. The van der Waals surface area contributed by atoms with Crippen molar-refractivity contribution in [3.05, 3.63) is 24.3 Å². The molecule has 1 aromatic rings. The Bertz CT molecular complexity index is 561. The highest BCUT2D eigenvalue weighted by Crippen LogP contribution is 2.38. The molecule has 1 aliphatic heterocycles. The molecule has 0 radical (unpaired) electrons. The van der Waals surface area contributed by atoms with Gasteiger partial charge in [-0.25, -0.2) is 0 Å². The van der Waals surface area contributed by atoms with Crippen molar-refractivity contribution in [3.8, 4) is 5.75 Å². The first-order valence-electron chi connectivity index (χ1n) is 9.00. The van der Waals surface area contributed by atoms with Crippen LogP contribution in [0.15, 0.2) is 24.3 Å². The maximum absolute atomic E-state index is 12.4. The molecule has 5 nitrogen and oxygen atoms in total. The molecule has 2 aliphatic rings. The Kier molecular flexibility index (Phi) is 5.38. The molecule has 1 saturated carbocycles. The van der Waals surface area contributed by atoms with Gasteiger partial charge in [0.05, 0.1) is 18.4 Å². The number of anilines is 1. The Hall–Kier alpha value is -2.04. The zero-order valence-corrected chi connectivity index (χ0v) is 14.1. The van der Waals surface area contributed by atoms with Crippen LogP contribution in [0.4, 0.5) is 5.69 Å². The topological polar surface area (TPSA) is 72.6 Å². The summed E-state index contributed by atoms with van der Waals surface area (Å²) < 4.78 is 5.65. The number of amides is 2. The summed E-state index contributed by atoms with van der Waals surface area (Å²) in [5.41, 5.74) is 6.36. The lowest BCUT2D eigenvalue weighted by Crippen LogP contribution is -2.32. The van der Waals surface area contributed by atoms with Crippen LogP contribution in [-0.4, -0.2) is 29.9 Å². The molecular formula is C19H26N2O3. The van der Waals surface area contributed by atoms with Gasteiger partial charge in [-0.2, -0.15) is 0 Å². The van der Waals surface area contributed by atoms with Crippen molar-refractivity contribution < 1.29 is 14.3 Å². The summed E-state index contributed by atoms with van der Waals surface area (Å²) in [6, 6.07) is 7.36. The number of fused-ring (bicyclic) bond motifs is 1. The van der Waals surface area contributed by atoms with Crippen molar-refractivity contribution in [2.75, 3.05) is 18.9 Å². The van der Waals surface area contributed by atoms with Crippen LogP contribution in [0.3, 0.4) is 0 Å². The van der Waals surface area contributed by atoms with E-state index in [4.69, 9.17) is 10.5 Å². The fourth-order valence-electron chi connectivity index (χ4n) is 3.75. The molecule has 1 aliphatic carbocycles. The van der Waals surface area contributed by atoms with Gasteiger partial charge >= 0.3 is 0 Å². The maximum atomic E-state index is 12.4. The molecule has 1 aromatic carbocycles. The van der Waals surface area contributed by atoms with Crippen molar-refractivity contribution in [2.24, 2.45) is 11.8 Å². The first-order chi connectivity index (χ1) is 11.7. The molecule has 0 spiro atoms. The van der Waals surface area contributed by atoms with Crippen LogP contribution in [0.25, 0.3) is 0 Å². The summed E-state index contributed by atoms with van der Waals surface area (Å²) in [6.07, 6.45) is 6.65. The van der Waals surface area contributed by atoms with Crippen molar-refractivity contribution >= 4 is 17.5 Å². The van der Waals surface area contributed by atoms with Gasteiger partial charge in [0.15, 0.2) is 0 Å². The average molecular weight is 330 g/mol. The Morgan fingerprint density at radius 2 is 1.58 bits per heavy atom. The number of carbonyl (C=O) groups is 2. The summed E-state index contributed by atoms with van der Waals surface area (Å²) in [4.78, 5) is 26.2. The number of likely N-dealkylation sites (tertiary alicyclic amines) is 1. The third-order valence-corrected chi connectivity index (χ3v) is 5.11. The minimum Gasteiger partial charge on any atom is -0.494 e. The zero-order valence-electron chi connectivity index (χ0n) is 14.1. The van der Waals surface area contributed by atoms with Gasteiger partial charge in [0.25, 0.3) is 0 Å². The van der Waals surface area contributed by atoms with E-state index in [1.54, 1.807) is 0 Å². The zero-order chi connectivity index (χ0) is 16.9. The van der Waals surface area contributed by atoms with Crippen LogP contribution in [0.1, 0.15) is 44.9 Å². The molecule has 3 rings (SSSR count). The number of imide groups is 1. The van der Waals surface area contributed by atoms with Crippen molar-refractivity contribution in [1.29, 1.82) is 0 Å². The lowest BCUT2D eigenvalue weighted by molar-refractivity contribution is -0.139. The Morgan fingerprint density at radius 3 is 2.21 bits per heavy atom. The number of nitrogens with two attached hydrogens (primary N) is 1. The van der Waals surface area contributed by atoms with Crippen LogP contribution >= 0.6 is 0 Å². The van der Waals surface area contributed by atoms with Crippen molar-refractivity contribution in [1.82, 2.24) is 4.90 Å². The second-order valence-corrected chi connectivity index (χ2v) is 6.80. The minimum absolute atomic E-state index is 0.0277. The molecule has 1 heterocycles. The number of carbonyl (C=O) groups excluding carboxylic acids is 2. The largest absolute Gasteiger partial charge is 0.494 e. The number of unbranched alkanes of at least 4 members (excludes halogenated alkanes) is 2. The van der Waals surface area contributed by atoms with E-state index >= 15 is 0 Å². The lowest BCUT2D eigenvalue weighted by atomic mass is 9.81. The molecule has 130 valence electrons. The predicted octanol–water partition coefficient (Wildman–Crippen LogP) is 2.99. The highest BCUT2D eigenvalue weighted by Gasteiger charge is 2.47. The second-order valence-electron chi connectivity index (χ2n) is 6.80. The van der Waals surface area contributed by atoms with Crippen LogP contribution in [0.2, 0.25) is 0 Å². The Morgan fingerprint density at radius 1 is 0.958 bits per heavy atom. The van der Waals surface area contributed by atoms with E-state index in [0.29, 0.717) is 13.2 Å². The van der Waals surface area contributed by atoms with E-state index in [2.05, 4.69) is 0 Å². The normalized spacial score (nSPS) is 23.4. The van der Waals surface area contributed by atoms with Gasteiger partial charge in [-0.15, -0.1) is 0 Å². The lowest BCUT2D eigenvalue weighted by Gasteiger charge is -2.19. The number of hydrogen-bond donors (Lipinski definition) is 1. The smallest absolute Gasteiger partial charge is 0.233 e. The van der Waals surface area contributed by atoms with E-state index in [1.165, 1.54) is 4.90 Å². The molecule has 1 saturated heterocycles. The quantitative estimate of drug-likeness (QED) is 0.474. The summed E-state index contributed by atoms with van der Waals surface area (Å²) in [5.74, 6) is 0.907. The van der Waals surface area contributed by atoms with Gasteiger partial charge in [0.1, 0.15) is 5.75 Å². The highest BCUT2D eigenvalue weighted by atomic mass is 16.5. The molecule has 5 heteroatoms. The number of hydrogen-bond acceptors (Lipinski definition) is 4. The molecule has 2 atom stereocenters. The van der Waals surface area contributed by atoms with Crippen LogP contribution in [0.5, 0.6) is 5.75 Å². The number of rotatable bonds is 7. The third kappa shape index (κ3) is 3.71. The maximum Gasteiger partial charge on any atom is 0.233 e. The van der Waals surface area contributed by atoms with Gasteiger partial charge in [-0.1, -0.05) is 12.8 Å². The number of benzene rings is 1. The minimum atomic E-state index is -0.0277. The summed E-state index contributed by atoms with van der Waals surface area (Å²) >= 11 is 0. The molecule has 2 amide bonds. The number of nitrogens with zero attached hydrogens (tertiary/aromatic N) is 1. The highest BCUT2D eigenvalue weighted by molar-refractivity contribution is 6.05. The Balaban J connectivity index is 1.35. The molecule has 2 unspecified atom stereocenters. The van der Waals surface area contributed by atoms with Gasteiger partial charge in [0.2, 0.25) is 11.8 Å². The fourth-order valence-corrected chi connectivity index (χ4v) is 3.75. The van der Waals surface area contributed by atoms with Gasteiger partial charge in [0, 0.05) is 12.2 Å². The standard InChI is InChI=1S/C19H26N2O3/c20-14-8-10-15(11-9-14)24-13-5-1-4-12-21-18(22)16-6-2-3-7-17(16)19(21)23/h8-11,16-17H,1-7,12-13,20H2. The number of ether oxygens (including phenoxy) is 1. The molecule has 24 heavy (non-hydrogen) atoms. The van der Waals surface area contributed by atoms with Crippen LogP contribution < -0.4 is 10.5 Å². The second kappa shape index (κ2) is 7.69. The summed E-state index contributed by atoms with van der Waals surface area (Å²) in [6.45, 7) is 1.20. The molecule has 2 fully saturated rings. The van der Waals surface area contributed by atoms with Gasteiger partial charge in [-0.3, -0.25) is 14.5 Å². The van der Waals surface area contributed by atoms with E-state index in [1.807, 2.05) is 24.3 Å². The van der Waals surface area contributed by atoms with Crippen LogP contribution in [0, 0.1) is 11.8 Å². The fraction of sp³-hybridized carbons (Fsp3) is 0.579. The third-order valence-electron chi connectivity index (χ3n) is 5.11. The molecule has 0 aromatic heterocycles. The first-order valence-corrected chi connectivity index (χ1v) is 9.00. The van der Waals surface area contributed by atoms with Crippen molar-refractivity contribution in [3.63, 3.8) is 0 Å². The number of nitrogen functional groups attached to an aromatic ring is 1. The molecule has 2 N–H and O–H groups in total. The van der Waals surface area contributed by atoms with Gasteiger partial charge in [-0.05, 0) is 56.4 Å². The average Bonchev–Trinajstić information content (AvgIpc) is 2.84. The van der Waals surface area contributed by atoms with E-state index in [9.17, 15) is 9.59 Å². The Labute approximate surface area is 143 Å². The van der Waals surface area contributed by atoms with Crippen LogP contribution in [-0.2, 0) is 9.59 Å². The molecule has 0 bridgehead atoms. The van der Waals surface area contributed by atoms with Gasteiger partial charge < -0.3 is 10.5 Å². The van der Waals surface area contributed by atoms with Crippen molar-refractivity contribution in [2.45, 2.75) is 44.9 Å². The molecular weight excluding hydrogens is 304 g/mol. The SMILES string of the molecule is Nc1ccc(OCCCCCN2C(=O)C3CCCCC3C2=O)cc1. The summed E-state index contributed by atoms with van der Waals surface area (Å²) in [5, 5.41) is 0. The van der Waals surface area contributed by atoms with E-state index < -0.39 is 0 Å². The first kappa shape index (κ1) is 16.8. The van der Waals surface area contributed by atoms with E-state index in [-0.39, 0.29) is 23.7 Å². The summed E-state index contributed by atoms with van der Waals surface area (Å²) in [7, 11) is 0.